The third kappa shape index (κ3) is 13.8. The first-order chi connectivity index (χ1) is 24.8. The van der Waals surface area contributed by atoms with Gasteiger partial charge in [-0.05, 0) is 54.2 Å². The number of hydrogen-bond acceptors (Lipinski definition) is 8. The number of carbonyl (C=O) groups is 5. The van der Waals surface area contributed by atoms with Crippen LogP contribution < -0.4 is 21.3 Å². The van der Waals surface area contributed by atoms with Gasteiger partial charge < -0.3 is 30.7 Å². The lowest BCUT2D eigenvalue weighted by atomic mass is 10.0. The van der Waals surface area contributed by atoms with Gasteiger partial charge in [0.2, 0.25) is 17.7 Å². The standard InChI is InChI=1S/C39H43N5O7/c1-28(42-39(49)51-27-32-16-9-4-10-17-32)36(46)41-26-35(45)43-33(24-30-12-5-2-6-13-30)37(47)44-34(25-31-14-7-3-8-15-31)38(48)50-23-11-18-29-19-21-40-22-20-29/h2-10,12-17,19-22,28,33-34H,11,18,23-27H2,1H3,(H,41,46)(H,42,49)(H,43,45)(H,44,47)/t28-,33+,34+/m1/s1. The van der Waals surface area contributed by atoms with Crippen LogP contribution in [-0.2, 0) is 54.5 Å². The second-order valence-electron chi connectivity index (χ2n) is 11.8. The number of benzene rings is 3. The molecule has 0 saturated carbocycles. The van der Waals surface area contributed by atoms with Crippen molar-refractivity contribution < 1.29 is 33.4 Å². The van der Waals surface area contributed by atoms with Gasteiger partial charge in [-0.3, -0.25) is 19.4 Å². The Bertz CT molecular complexity index is 1690. The topological polar surface area (TPSA) is 165 Å². The van der Waals surface area contributed by atoms with E-state index in [9.17, 15) is 24.0 Å². The second-order valence-corrected chi connectivity index (χ2v) is 11.8. The molecule has 12 nitrogen and oxygen atoms in total. The Morgan fingerprint density at radius 3 is 1.80 bits per heavy atom. The van der Waals surface area contributed by atoms with Crippen molar-refractivity contribution in [2.75, 3.05) is 13.2 Å². The van der Waals surface area contributed by atoms with Crippen molar-refractivity contribution in [2.24, 2.45) is 0 Å². The van der Waals surface area contributed by atoms with Crippen LogP contribution in [0.25, 0.3) is 0 Å². The summed E-state index contributed by atoms with van der Waals surface area (Å²) in [6.45, 7) is 1.18. The van der Waals surface area contributed by atoms with Crippen LogP contribution in [0, 0.1) is 0 Å². The maximum Gasteiger partial charge on any atom is 0.408 e. The summed E-state index contributed by atoms with van der Waals surface area (Å²) < 4.78 is 10.7. The Morgan fingerprint density at radius 2 is 1.20 bits per heavy atom. The monoisotopic (exact) mass is 693 g/mol. The molecule has 4 aromatic rings. The van der Waals surface area contributed by atoms with Gasteiger partial charge in [0.15, 0.2) is 0 Å². The fourth-order valence-corrected chi connectivity index (χ4v) is 5.05. The number of carbonyl (C=O) groups excluding carboxylic acids is 5. The molecule has 0 fully saturated rings. The molecule has 1 heterocycles. The molecule has 12 heteroatoms. The summed E-state index contributed by atoms with van der Waals surface area (Å²) in [5.74, 6) is -2.45. The zero-order chi connectivity index (χ0) is 36.3. The lowest BCUT2D eigenvalue weighted by molar-refractivity contribution is -0.148. The lowest BCUT2D eigenvalue weighted by Crippen LogP contribution is -2.55. The van der Waals surface area contributed by atoms with Gasteiger partial charge in [-0.25, -0.2) is 9.59 Å². The fourth-order valence-electron chi connectivity index (χ4n) is 5.05. The van der Waals surface area contributed by atoms with Crippen molar-refractivity contribution in [1.82, 2.24) is 26.3 Å². The number of hydrogen-bond donors (Lipinski definition) is 4. The van der Waals surface area contributed by atoms with Crippen LogP contribution in [0.2, 0.25) is 0 Å². The summed E-state index contributed by atoms with van der Waals surface area (Å²) in [5.41, 5.74) is 3.44. The molecule has 266 valence electrons. The quantitative estimate of drug-likeness (QED) is 0.0910. The lowest BCUT2D eigenvalue weighted by Gasteiger charge is -2.23. The van der Waals surface area contributed by atoms with Crippen LogP contribution in [0.3, 0.4) is 0 Å². The summed E-state index contributed by atoms with van der Waals surface area (Å²) in [7, 11) is 0. The minimum atomic E-state index is -1.09. The first-order valence-corrected chi connectivity index (χ1v) is 16.7. The van der Waals surface area contributed by atoms with Crippen molar-refractivity contribution in [3.8, 4) is 0 Å². The normalized spacial score (nSPS) is 12.3. The Hall–Kier alpha value is -6.04. The number of aryl methyl sites for hydroxylation is 1. The van der Waals surface area contributed by atoms with Crippen LogP contribution in [0.15, 0.2) is 116 Å². The molecule has 0 aliphatic rings. The summed E-state index contributed by atoms with van der Waals surface area (Å²) >= 11 is 0. The van der Waals surface area contributed by atoms with Gasteiger partial charge in [0, 0.05) is 25.2 Å². The average molecular weight is 694 g/mol. The summed E-state index contributed by atoms with van der Waals surface area (Å²) in [6, 6.07) is 28.1. The number of alkyl carbamates (subject to hydrolysis) is 1. The molecule has 3 aromatic carbocycles. The predicted octanol–water partition coefficient (Wildman–Crippen LogP) is 3.44. The number of nitrogens with one attached hydrogen (secondary N) is 4. The summed E-state index contributed by atoms with van der Waals surface area (Å²) in [6.07, 6.45) is 4.20. The minimum Gasteiger partial charge on any atom is -0.464 e. The summed E-state index contributed by atoms with van der Waals surface area (Å²) in [4.78, 5) is 68.9. The molecule has 4 amide bonds. The number of amides is 4. The van der Waals surface area contributed by atoms with E-state index in [4.69, 9.17) is 9.47 Å². The second kappa shape index (κ2) is 20.5. The van der Waals surface area contributed by atoms with Gasteiger partial charge in [-0.1, -0.05) is 91.0 Å². The van der Waals surface area contributed by atoms with Crippen LogP contribution >= 0.6 is 0 Å². The van der Waals surface area contributed by atoms with Crippen LogP contribution in [-0.4, -0.2) is 66.0 Å². The average Bonchev–Trinajstić information content (AvgIpc) is 3.15. The Labute approximate surface area is 297 Å². The molecule has 0 saturated heterocycles. The first kappa shape index (κ1) is 37.8. The Morgan fingerprint density at radius 1 is 0.627 bits per heavy atom. The molecule has 1 aromatic heterocycles. The number of pyridine rings is 1. The maximum atomic E-state index is 13.7. The number of esters is 1. The van der Waals surface area contributed by atoms with Gasteiger partial charge in [0.05, 0.1) is 13.2 Å². The van der Waals surface area contributed by atoms with Crippen LogP contribution in [0.1, 0.15) is 35.6 Å². The minimum absolute atomic E-state index is 0.0323. The molecule has 0 radical (unpaired) electrons. The fraction of sp³-hybridized carbons (Fsp3) is 0.282. The molecule has 4 N–H and O–H groups in total. The number of ether oxygens (including phenoxy) is 2. The van der Waals surface area contributed by atoms with E-state index in [1.807, 2.05) is 91.0 Å². The van der Waals surface area contributed by atoms with Gasteiger partial charge in [0.1, 0.15) is 24.7 Å². The smallest absolute Gasteiger partial charge is 0.408 e. The van der Waals surface area contributed by atoms with E-state index < -0.39 is 54.5 Å². The number of rotatable bonds is 18. The molecular weight excluding hydrogens is 650 g/mol. The predicted molar refractivity (Wildman–Crippen MR) is 190 cm³/mol. The highest BCUT2D eigenvalue weighted by Crippen LogP contribution is 2.09. The van der Waals surface area contributed by atoms with E-state index in [2.05, 4.69) is 26.3 Å². The van der Waals surface area contributed by atoms with Gasteiger partial charge >= 0.3 is 12.1 Å². The van der Waals surface area contributed by atoms with Crippen molar-refractivity contribution in [1.29, 1.82) is 0 Å². The molecule has 0 spiro atoms. The molecule has 0 aliphatic heterocycles. The largest absolute Gasteiger partial charge is 0.464 e. The van der Waals surface area contributed by atoms with Crippen molar-refractivity contribution in [3.63, 3.8) is 0 Å². The van der Waals surface area contributed by atoms with Crippen LogP contribution in [0.4, 0.5) is 4.79 Å². The highest BCUT2D eigenvalue weighted by Gasteiger charge is 2.28. The maximum absolute atomic E-state index is 13.7. The van der Waals surface area contributed by atoms with E-state index >= 15 is 0 Å². The van der Waals surface area contributed by atoms with Crippen molar-refractivity contribution in [2.45, 2.75) is 57.3 Å². The Kier molecular flexibility index (Phi) is 15.2. The van der Waals surface area contributed by atoms with Gasteiger partial charge in [0.25, 0.3) is 0 Å². The third-order valence-corrected chi connectivity index (χ3v) is 7.79. The first-order valence-electron chi connectivity index (χ1n) is 16.7. The van der Waals surface area contributed by atoms with Crippen molar-refractivity contribution >= 4 is 29.8 Å². The highest BCUT2D eigenvalue weighted by atomic mass is 16.5. The third-order valence-electron chi connectivity index (χ3n) is 7.79. The zero-order valence-electron chi connectivity index (χ0n) is 28.5. The van der Waals surface area contributed by atoms with Gasteiger partial charge in [-0.15, -0.1) is 0 Å². The molecule has 0 bridgehead atoms. The SMILES string of the molecule is C[C@@H](NC(=O)OCc1ccccc1)C(=O)NCC(=O)N[C@@H](Cc1ccccc1)C(=O)N[C@@H](Cc1ccccc1)C(=O)OCCCc1ccncc1. The highest BCUT2D eigenvalue weighted by molar-refractivity contribution is 5.93. The van der Waals surface area contributed by atoms with Gasteiger partial charge in [-0.2, -0.15) is 0 Å². The van der Waals surface area contributed by atoms with E-state index in [0.717, 1.165) is 22.3 Å². The molecule has 0 unspecified atom stereocenters. The van der Waals surface area contributed by atoms with E-state index in [1.165, 1.54) is 6.92 Å². The Balaban J connectivity index is 1.34. The zero-order valence-corrected chi connectivity index (χ0v) is 28.5. The number of nitrogens with zero attached hydrogens (tertiary/aromatic N) is 1. The molecule has 0 aliphatic carbocycles. The molecule has 4 rings (SSSR count). The van der Waals surface area contributed by atoms with E-state index in [0.29, 0.717) is 12.8 Å². The van der Waals surface area contributed by atoms with E-state index in [-0.39, 0.29) is 26.1 Å². The van der Waals surface area contributed by atoms with E-state index in [1.54, 1.807) is 24.5 Å². The molecule has 51 heavy (non-hydrogen) atoms. The molecule has 3 atom stereocenters. The summed E-state index contributed by atoms with van der Waals surface area (Å²) in [5, 5.41) is 10.4. The molecular formula is C39H43N5O7. The number of aromatic nitrogens is 1. The van der Waals surface area contributed by atoms with Crippen LogP contribution in [0.5, 0.6) is 0 Å². The van der Waals surface area contributed by atoms with Crippen molar-refractivity contribution in [3.05, 3.63) is 138 Å².